The Kier molecular flexibility index (Phi) is 1.80. The van der Waals surface area contributed by atoms with Gasteiger partial charge in [0, 0.05) is 15.9 Å². The normalized spacial score (nSPS) is 35.7. The quantitative estimate of drug-likeness (QED) is 0.860. The first kappa shape index (κ1) is 8.93. The van der Waals surface area contributed by atoms with Crippen LogP contribution < -0.4 is 5.73 Å². The lowest BCUT2D eigenvalue weighted by atomic mass is 9.90. The molecule has 2 N–H and O–H groups in total. The van der Waals surface area contributed by atoms with Crippen LogP contribution in [-0.2, 0) is 5.41 Å². The van der Waals surface area contributed by atoms with Gasteiger partial charge in [0.25, 0.3) is 0 Å². The number of rotatable bonds is 2. The Morgan fingerprint density at radius 2 is 1.79 bits per heavy atom. The molecule has 1 aromatic carbocycles. The van der Waals surface area contributed by atoms with Crippen molar-refractivity contribution in [2.45, 2.75) is 30.7 Å². The minimum atomic E-state index is 0.362. The zero-order valence-electron chi connectivity index (χ0n) is 8.04. The smallest absolute Gasteiger partial charge is 0.0175 e. The molecule has 14 heavy (non-hydrogen) atoms. The molecule has 1 aromatic rings. The molecule has 2 aliphatic rings. The maximum Gasteiger partial charge on any atom is 0.0175 e. The first-order valence-electron chi connectivity index (χ1n) is 5.25. The van der Waals surface area contributed by atoms with Crippen LogP contribution in [0.15, 0.2) is 28.7 Å². The van der Waals surface area contributed by atoms with Gasteiger partial charge in [-0.3, -0.25) is 0 Å². The minimum absolute atomic E-state index is 0.362. The van der Waals surface area contributed by atoms with E-state index in [1.165, 1.54) is 24.8 Å². The molecule has 0 radical (unpaired) electrons. The fraction of sp³-hybridized carbons (Fsp3) is 0.500. The summed E-state index contributed by atoms with van der Waals surface area (Å²) in [6.07, 6.45) is 3.95. The lowest BCUT2D eigenvalue weighted by Gasteiger charge is -2.15. The number of nitrogens with two attached hydrogens (primary N) is 1. The van der Waals surface area contributed by atoms with Crippen LogP contribution in [0.2, 0.25) is 0 Å². The molecule has 74 valence electrons. The van der Waals surface area contributed by atoms with Crippen molar-refractivity contribution < 1.29 is 0 Å². The minimum Gasteiger partial charge on any atom is -0.327 e. The van der Waals surface area contributed by atoms with Crippen molar-refractivity contribution in [2.75, 3.05) is 0 Å². The molecule has 0 amide bonds. The van der Waals surface area contributed by atoms with Gasteiger partial charge in [0.2, 0.25) is 0 Å². The number of hydrogen-bond donors (Lipinski definition) is 1. The Bertz CT molecular complexity index is 355. The average Bonchev–Trinajstić information content (AvgIpc) is 3.01. The fourth-order valence-corrected chi connectivity index (χ4v) is 2.96. The Morgan fingerprint density at radius 3 is 2.21 bits per heavy atom. The predicted octanol–water partition coefficient (Wildman–Crippen LogP) is 2.83. The van der Waals surface area contributed by atoms with Gasteiger partial charge in [0.05, 0.1) is 0 Å². The van der Waals surface area contributed by atoms with E-state index in [4.69, 9.17) is 5.73 Å². The molecule has 0 spiro atoms. The van der Waals surface area contributed by atoms with Crippen molar-refractivity contribution in [3.05, 3.63) is 34.3 Å². The van der Waals surface area contributed by atoms with Crippen molar-refractivity contribution >= 4 is 15.9 Å². The molecule has 1 unspecified atom stereocenters. The summed E-state index contributed by atoms with van der Waals surface area (Å²) in [4.78, 5) is 0. The molecule has 3 rings (SSSR count). The van der Waals surface area contributed by atoms with Gasteiger partial charge in [-0.1, -0.05) is 28.1 Å². The van der Waals surface area contributed by atoms with Crippen LogP contribution in [0.4, 0.5) is 0 Å². The van der Waals surface area contributed by atoms with E-state index in [2.05, 4.69) is 40.2 Å². The summed E-state index contributed by atoms with van der Waals surface area (Å²) in [7, 11) is 0. The molecular formula is C12H14BrN. The lowest BCUT2D eigenvalue weighted by molar-refractivity contribution is 0.573. The summed E-state index contributed by atoms with van der Waals surface area (Å²) >= 11 is 3.47. The monoisotopic (exact) mass is 251 g/mol. The molecule has 2 heteroatoms. The summed E-state index contributed by atoms with van der Waals surface area (Å²) in [5.74, 6) is 0.874. The molecule has 0 aromatic heterocycles. The van der Waals surface area contributed by atoms with Crippen LogP contribution in [0.1, 0.15) is 24.8 Å². The molecular weight excluding hydrogens is 238 g/mol. The van der Waals surface area contributed by atoms with Crippen LogP contribution in [0.5, 0.6) is 0 Å². The maximum atomic E-state index is 6.10. The Hall–Kier alpha value is -0.340. The van der Waals surface area contributed by atoms with Crippen LogP contribution in [-0.4, -0.2) is 6.04 Å². The topological polar surface area (TPSA) is 26.0 Å². The molecule has 2 atom stereocenters. The molecule has 0 bridgehead atoms. The van der Waals surface area contributed by atoms with Gasteiger partial charge in [-0.2, -0.15) is 0 Å². The van der Waals surface area contributed by atoms with Gasteiger partial charge < -0.3 is 5.73 Å². The Balaban J connectivity index is 1.97. The SMILES string of the molecule is N[C@@H]1CC1(c1ccc(Br)cc1)C1CC1. The van der Waals surface area contributed by atoms with Crippen LogP contribution >= 0.6 is 15.9 Å². The van der Waals surface area contributed by atoms with E-state index in [1.807, 2.05) is 0 Å². The lowest BCUT2D eigenvalue weighted by Crippen LogP contribution is -2.20. The number of benzene rings is 1. The number of hydrogen-bond acceptors (Lipinski definition) is 1. The number of halogens is 1. The first-order chi connectivity index (χ1) is 6.73. The maximum absolute atomic E-state index is 6.10. The summed E-state index contributed by atoms with van der Waals surface area (Å²) in [5, 5.41) is 0. The average molecular weight is 252 g/mol. The van der Waals surface area contributed by atoms with Gasteiger partial charge in [0.1, 0.15) is 0 Å². The molecule has 0 heterocycles. The summed E-state index contributed by atoms with van der Waals surface area (Å²) in [5.41, 5.74) is 7.92. The zero-order chi connectivity index (χ0) is 9.76. The van der Waals surface area contributed by atoms with E-state index in [-0.39, 0.29) is 0 Å². The highest BCUT2D eigenvalue weighted by Gasteiger charge is 2.61. The van der Waals surface area contributed by atoms with Crippen LogP contribution in [0.25, 0.3) is 0 Å². The van der Waals surface area contributed by atoms with Crippen molar-refractivity contribution in [1.82, 2.24) is 0 Å². The molecule has 1 nitrogen and oxygen atoms in total. The fourth-order valence-electron chi connectivity index (χ4n) is 2.70. The molecule has 0 aliphatic heterocycles. The van der Waals surface area contributed by atoms with E-state index in [0.717, 1.165) is 10.4 Å². The van der Waals surface area contributed by atoms with Gasteiger partial charge in [0.15, 0.2) is 0 Å². The van der Waals surface area contributed by atoms with Gasteiger partial charge in [-0.05, 0) is 42.9 Å². The summed E-state index contributed by atoms with van der Waals surface area (Å²) in [6, 6.07) is 9.13. The van der Waals surface area contributed by atoms with Crippen molar-refractivity contribution in [3.8, 4) is 0 Å². The summed E-state index contributed by atoms with van der Waals surface area (Å²) in [6.45, 7) is 0. The van der Waals surface area contributed by atoms with Crippen molar-refractivity contribution in [1.29, 1.82) is 0 Å². The van der Waals surface area contributed by atoms with Crippen molar-refractivity contribution in [3.63, 3.8) is 0 Å². The highest BCUT2D eigenvalue weighted by atomic mass is 79.9. The molecule has 2 aliphatic carbocycles. The van der Waals surface area contributed by atoms with Crippen LogP contribution in [0, 0.1) is 5.92 Å². The predicted molar refractivity (Wildman–Crippen MR) is 61.1 cm³/mol. The summed E-state index contributed by atoms with van der Waals surface area (Å²) < 4.78 is 1.15. The molecule has 0 saturated heterocycles. The highest BCUT2D eigenvalue weighted by molar-refractivity contribution is 9.10. The third-order valence-electron chi connectivity index (χ3n) is 3.75. The second kappa shape index (κ2) is 2.83. The second-order valence-corrected chi connectivity index (χ2v) is 5.55. The second-order valence-electron chi connectivity index (χ2n) is 4.63. The van der Waals surface area contributed by atoms with Crippen molar-refractivity contribution in [2.24, 2.45) is 11.7 Å². The Morgan fingerprint density at radius 1 is 1.21 bits per heavy atom. The molecule has 2 fully saturated rings. The van der Waals surface area contributed by atoms with E-state index >= 15 is 0 Å². The van der Waals surface area contributed by atoms with Gasteiger partial charge >= 0.3 is 0 Å². The molecule has 2 saturated carbocycles. The highest BCUT2D eigenvalue weighted by Crippen LogP contribution is 2.61. The Labute approximate surface area is 92.8 Å². The zero-order valence-corrected chi connectivity index (χ0v) is 9.63. The standard InChI is InChI=1S/C12H14BrN/c13-10-5-3-9(4-6-10)12(7-11(12)14)8-1-2-8/h3-6,8,11H,1-2,7,14H2/t11-,12?/m1/s1. The third-order valence-corrected chi connectivity index (χ3v) is 4.28. The van der Waals surface area contributed by atoms with E-state index in [9.17, 15) is 0 Å². The van der Waals surface area contributed by atoms with Crippen LogP contribution in [0.3, 0.4) is 0 Å². The van der Waals surface area contributed by atoms with E-state index in [1.54, 1.807) is 0 Å². The van der Waals surface area contributed by atoms with E-state index in [0.29, 0.717) is 11.5 Å². The van der Waals surface area contributed by atoms with Gasteiger partial charge in [-0.25, -0.2) is 0 Å². The van der Waals surface area contributed by atoms with E-state index < -0.39 is 0 Å². The van der Waals surface area contributed by atoms with Gasteiger partial charge in [-0.15, -0.1) is 0 Å². The first-order valence-corrected chi connectivity index (χ1v) is 6.04. The third kappa shape index (κ3) is 1.17. The largest absolute Gasteiger partial charge is 0.327 e.